The third kappa shape index (κ3) is 3.10. The molecule has 0 N–H and O–H groups in total. The first kappa shape index (κ1) is 17.8. The van der Waals surface area contributed by atoms with E-state index in [4.69, 9.17) is 4.74 Å². The molecule has 0 saturated heterocycles. The molecule has 2 aromatic rings. The second-order valence-corrected chi connectivity index (χ2v) is 6.43. The number of hydrogen-bond donors (Lipinski definition) is 0. The molecule has 132 valence electrons. The van der Waals surface area contributed by atoms with E-state index < -0.39 is 0 Å². The lowest BCUT2D eigenvalue weighted by atomic mass is 9.82. The number of ketones is 3. The number of rotatable bonds is 5. The molecule has 0 heterocycles. The minimum atomic E-state index is -0.233. The van der Waals surface area contributed by atoms with Crippen molar-refractivity contribution in [2.24, 2.45) is 0 Å². The van der Waals surface area contributed by atoms with Crippen LogP contribution in [0.15, 0.2) is 42.5 Å². The minimum Gasteiger partial charge on any atom is -0.490 e. The van der Waals surface area contributed by atoms with Crippen molar-refractivity contribution >= 4 is 23.4 Å². The predicted molar refractivity (Wildman–Crippen MR) is 99.8 cm³/mol. The summed E-state index contributed by atoms with van der Waals surface area (Å²) in [6, 6.07) is 10.1. The summed E-state index contributed by atoms with van der Waals surface area (Å²) in [6.45, 7) is 5.49. The Hall–Kier alpha value is -3.01. The second-order valence-electron chi connectivity index (χ2n) is 6.43. The van der Waals surface area contributed by atoms with E-state index in [0.29, 0.717) is 34.4 Å². The van der Waals surface area contributed by atoms with E-state index in [1.165, 1.54) is 6.08 Å². The summed E-state index contributed by atoms with van der Waals surface area (Å²) in [5.74, 6) is -0.0941. The summed E-state index contributed by atoms with van der Waals surface area (Å²) in [5, 5.41) is 0. The summed E-state index contributed by atoms with van der Waals surface area (Å²) >= 11 is 0. The lowest BCUT2D eigenvalue weighted by molar-refractivity contribution is -0.114. The van der Waals surface area contributed by atoms with E-state index in [0.717, 1.165) is 0 Å². The van der Waals surface area contributed by atoms with Crippen LogP contribution in [-0.4, -0.2) is 23.5 Å². The number of allylic oxidation sites excluding steroid dienone is 1. The number of fused-ring (bicyclic) bond motifs is 2. The van der Waals surface area contributed by atoms with Crippen LogP contribution in [-0.2, 0) is 4.79 Å². The zero-order chi connectivity index (χ0) is 18.8. The van der Waals surface area contributed by atoms with Gasteiger partial charge in [-0.05, 0) is 32.1 Å². The Labute approximate surface area is 152 Å². The molecular formula is C22H20O4. The fraction of sp³-hybridized carbons (Fsp3) is 0.227. The Morgan fingerprint density at radius 3 is 2.27 bits per heavy atom. The number of hydrogen-bond acceptors (Lipinski definition) is 4. The Morgan fingerprint density at radius 2 is 1.65 bits per heavy atom. The predicted octanol–water partition coefficient (Wildman–Crippen LogP) is 4.24. The van der Waals surface area contributed by atoms with Gasteiger partial charge >= 0.3 is 0 Å². The van der Waals surface area contributed by atoms with Crippen molar-refractivity contribution < 1.29 is 19.1 Å². The molecule has 1 aliphatic carbocycles. The molecule has 0 radical (unpaired) electrons. The van der Waals surface area contributed by atoms with Gasteiger partial charge in [-0.25, -0.2) is 0 Å². The Morgan fingerprint density at radius 1 is 1.00 bits per heavy atom. The summed E-state index contributed by atoms with van der Waals surface area (Å²) in [4.78, 5) is 37.6. The van der Waals surface area contributed by atoms with Crippen molar-refractivity contribution in [2.75, 3.05) is 0 Å². The fourth-order valence-electron chi connectivity index (χ4n) is 2.97. The summed E-state index contributed by atoms with van der Waals surface area (Å²) in [7, 11) is 0. The molecular weight excluding hydrogens is 328 g/mol. The normalized spacial score (nSPS) is 13.1. The molecule has 4 heteroatoms. The van der Waals surface area contributed by atoms with Gasteiger partial charge in [0.1, 0.15) is 5.75 Å². The van der Waals surface area contributed by atoms with Gasteiger partial charge in [-0.2, -0.15) is 0 Å². The van der Waals surface area contributed by atoms with Gasteiger partial charge in [0, 0.05) is 28.7 Å². The van der Waals surface area contributed by atoms with E-state index in [2.05, 4.69) is 0 Å². The number of ether oxygens (including phenoxy) is 1. The summed E-state index contributed by atoms with van der Waals surface area (Å²) in [5.41, 5.74) is 2.01. The third-order valence-corrected chi connectivity index (χ3v) is 4.23. The Bertz CT molecular complexity index is 935. The van der Waals surface area contributed by atoms with E-state index >= 15 is 0 Å². The highest BCUT2D eigenvalue weighted by Gasteiger charge is 2.33. The van der Waals surface area contributed by atoms with Crippen molar-refractivity contribution in [3.05, 3.63) is 70.3 Å². The molecule has 0 amide bonds. The standard InChI is InChI=1S/C22H20O4/c1-4-15(23)11-9-14-10-12-18-19(22(14)26-13(2)3)21(25)17-8-6-5-7-16(17)20(18)24/h5-13H,4H2,1-3H3/b11-9+. The molecule has 0 aromatic heterocycles. The van der Waals surface area contributed by atoms with Gasteiger partial charge in [-0.3, -0.25) is 14.4 Å². The van der Waals surface area contributed by atoms with Gasteiger partial charge in [0.05, 0.1) is 11.7 Å². The van der Waals surface area contributed by atoms with Crippen LogP contribution in [0.2, 0.25) is 0 Å². The van der Waals surface area contributed by atoms with Gasteiger partial charge in [0.25, 0.3) is 0 Å². The maximum Gasteiger partial charge on any atom is 0.198 e. The molecule has 0 aliphatic heterocycles. The van der Waals surface area contributed by atoms with Gasteiger partial charge in [0.2, 0.25) is 0 Å². The molecule has 0 fully saturated rings. The van der Waals surface area contributed by atoms with Crippen LogP contribution < -0.4 is 4.74 Å². The zero-order valence-electron chi connectivity index (χ0n) is 15.0. The van der Waals surface area contributed by atoms with Gasteiger partial charge < -0.3 is 4.74 Å². The molecule has 1 aliphatic rings. The highest BCUT2D eigenvalue weighted by atomic mass is 16.5. The average molecular weight is 348 g/mol. The number of carbonyl (C=O) groups is 3. The maximum atomic E-state index is 13.1. The lowest BCUT2D eigenvalue weighted by Crippen LogP contribution is -2.23. The zero-order valence-corrected chi connectivity index (χ0v) is 15.0. The highest BCUT2D eigenvalue weighted by molar-refractivity contribution is 6.29. The maximum absolute atomic E-state index is 13.1. The third-order valence-electron chi connectivity index (χ3n) is 4.23. The van der Waals surface area contributed by atoms with E-state index in [9.17, 15) is 14.4 Å². The SMILES string of the molecule is CCC(=O)/C=C/c1ccc2c(c1OC(C)C)C(=O)c1ccccc1C2=O. The number of carbonyl (C=O) groups excluding carboxylic acids is 3. The molecule has 0 spiro atoms. The summed E-state index contributed by atoms with van der Waals surface area (Å²) in [6.07, 6.45) is 3.32. The van der Waals surface area contributed by atoms with Crippen LogP contribution in [0.25, 0.3) is 6.08 Å². The van der Waals surface area contributed by atoms with E-state index in [1.807, 2.05) is 13.8 Å². The molecule has 0 saturated carbocycles. The van der Waals surface area contributed by atoms with E-state index in [-0.39, 0.29) is 29.0 Å². The van der Waals surface area contributed by atoms with Crippen LogP contribution in [0.5, 0.6) is 5.75 Å². The van der Waals surface area contributed by atoms with Crippen LogP contribution in [0.3, 0.4) is 0 Å². The molecule has 0 unspecified atom stereocenters. The van der Waals surface area contributed by atoms with Gasteiger partial charge in [-0.15, -0.1) is 0 Å². The summed E-state index contributed by atoms with van der Waals surface area (Å²) < 4.78 is 5.91. The van der Waals surface area contributed by atoms with Gasteiger partial charge in [-0.1, -0.05) is 37.3 Å². The quantitative estimate of drug-likeness (QED) is 0.647. The average Bonchev–Trinajstić information content (AvgIpc) is 2.64. The first-order valence-corrected chi connectivity index (χ1v) is 8.67. The van der Waals surface area contributed by atoms with Gasteiger partial charge in [0.15, 0.2) is 17.3 Å². The minimum absolute atomic E-state index is 0.0223. The molecule has 0 atom stereocenters. The molecule has 2 aromatic carbocycles. The molecule has 4 nitrogen and oxygen atoms in total. The largest absolute Gasteiger partial charge is 0.490 e. The smallest absolute Gasteiger partial charge is 0.198 e. The molecule has 26 heavy (non-hydrogen) atoms. The first-order valence-electron chi connectivity index (χ1n) is 8.67. The van der Waals surface area contributed by atoms with Crippen molar-refractivity contribution in [3.63, 3.8) is 0 Å². The highest BCUT2D eigenvalue weighted by Crippen LogP contribution is 2.36. The van der Waals surface area contributed by atoms with Crippen molar-refractivity contribution in [1.82, 2.24) is 0 Å². The van der Waals surface area contributed by atoms with Crippen molar-refractivity contribution in [3.8, 4) is 5.75 Å². The van der Waals surface area contributed by atoms with Crippen LogP contribution in [0.1, 0.15) is 64.6 Å². The molecule has 3 rings (SSSR count). The van der Waals surface area contributed by atoms with Crippen molar-refractivity contribution in [2.45, 2.75) is 33.3 Å². The Balaban J connectivity index is 2.21. The monoisotopic (exact) mass is 348 g/mol. The number of benzene rings is 2. The Kier molecular flexibility index (Phi) is 4.85. The first-order chi connectivity index (χ1) is 12.4. The second kappa shape index (κ2) is 7.08. The van der Waals surface area contributed by atoms with E-state index in [1.54, 1.807) is 49.4 Å². The molecule has 0 bridgehead atoms. The van der Waals surface area contributed by atoms with Crippen LogP contribution in [0.4, 0.5) is 0 Å². The topological polar surface area (TPSA) is 60.4 Å². The van der Waals surface area contributed by atoms with Crippen molar-refractivity contribution in [1.29, 1.82) is 0 Å². The lowest BCUT2D eigenvalue weighted by Gasteiger charge is -2.23. The van der Waals surface area contributed by atoms with Crippen LogP contribution >= 0.6 is 0 Å². The fourth-order valence-corrected chi connectivity index (χ4v) is 2.97. The van der Waals surface area contributed by atoms with Crippen LogP contribution in [0, 0.1) is 0 Å².